The van der Waals surface area contributed by atoms with Crippen molar-refractivity contribution in [2.45, 2.75) is 51.3 Å². The fourth-order valence-corrected chi connectivity index (χ4v) is 5.03. The van der Waals surface area contributed by atoms with Gasteiger partial charge in [0, 0.05) is 32.6 Å². The first-order valence-electron chi connectivity index (χ1n) is 9.75. The summed E-state index contributed by atoms with van der Waals surface area (Å²) in [7, 11) is 0. The van der Waals surface area contributed by atoms with Crippen molar-refractivity contribution >= 4 is 23.6 Å². The van der Waals surface area contributed by atoms with Gasteiger partial charge in [-0.1, -0.05) is 37.3 Å². The van der Waals surface area contributed by atoms with Crippen LogP contribution in [0.25, 0.3) is 0 Å². The number of amides is 2. The van der Waals surface area contributed by atoms with Crippen LogP contribution in [0.3, 0.4) is 0 Å². The van der Waals surface area contributed by atoms with E-state index in [0.29, 0.717) is 13.0 Å². The van der Waals surface area contributed by atoms with E-state index in [1.807, 2.05) is 34.9 Å². The summed E-state index contributed by atoms with van der Waals surface area (Å²) in [5, 5.41) is 0.0524. The first-order chi connectivity index (χ1) is 12.5. The Morgan fingerprint density at radius 1 is 1.19 bits per heavy atom. The summed E-state index contributed by atoms with van der Waals surface area (Å²) in [5.74, 6) is 1.52. The summed E-state index contributed by atoms with van der Waals surface area (Å²) >= 11 is 1.72. The molecule has 5 heteroatoms. The molecule has 2 fully saturated rings. The lowest BCUT2D eigenvalue weighted by Gasteiger charge is -2.47. The third kappa shape index (κ3) is 4.43. The molecule has 2 saturated heterocycles. The minimum absolute atomic E-state index is 0.0524. The number of benzene rings is 1. The molecule has 1 aromatic rings. The SMILES string of the molecule is CCS[C@H](C)C(=O)N1CCC2(CCC(=O)N(Cc3ccccc3)C2)CC1. The summed E-state index contributed by atoms with van der Waals surface area (Å²) in [6.07, 6.45) is 3.64. The third-order valence-corrected chi connectivity index (χ3v) is 6.90. The van der Waals surface area contributed by atoms with Crippen LogP contribution in [0.15, 0.2) is 30.3 Å². The van der Waals surface area contributed by atoms with E-state index in [9.17, 15) is 9.59 Å². The maximum Gasteiger partial charge on any atom is 0.235 e. The van der Waals surface area contributed by atoms with E-state index in [0.717, 1.165) is 44.6 Å². The van der Waals surface area contributed by atoms with Gasteiger partial charge in [-0.15, -0.1) is 11.8 Å². The van der Waals surface area contributed by atoms with E-state index in [-0.39, 0.29) is 22.5 Å². The Bertz CT molecular complexity index is 626. The highest BCUT2D eigenvalue weighted by atomic mass is 32.2. The molecule has 0 saturated carbocycles. The number of hydrogen-bond donors (Lipinski definition) is 0. The van der Waals surface area contributed by atoms with E-state index < -0.39 is 0 Å². The van der Waals surface area contributed by atoms with Crippen LogP contribution in [-0.2, 0) is 16.1 Å². The molecule has 2 heterocycles. The molecule has 3 rings (SSSR count). The minimum atomic E-state index is 0.0524. The number of piperidine rings is 2. The molecule has 142 valence electrons. The Kier molecular flexibility index (Phi) is 6.28. The fourth-order valence-electron chi connectivity index (χ4n) is 4.24. The monoisotopic (exact) mass is 374 g/mol. The number of thioether (sulfide) groups is 1. The molecular weight excluding hydrogens is 344 g/mol. The van der Waals surface area contributed by atoms with Crippen LogP contribution in [-0.4, -0.2) is 52.3 Å². The van der Waals surface area contributed by atoms with Gasteiger partial charge in [0.25, 0.3) is 0 Å². The van der Waals surface area contributed by atoms with Crippen LogP contribution in [0.4, 0.5) is 0 Å². The standard InChI is InChI=1S/C21H30N2O2S/c1-3-26-17(2)20(25)22-13-11-21(12-14-22)10-9-19(24)23(16-21)15-18-7-5-4-6-8-18/h4-8,17H,3,9-16H2,1-2H3/t17-/m1/s1. The van der Waals surface area contributed by atoms with Crippen LogP contribution in [0, 0.1) is 5.41 Å². The van der Waals surface area contributed by atoms with Crippen LogP contribution >= 0.6 is 11.8 Å². The van der Waals surface area contributed by atoms with Gasteiger partial charge < -0.3 is 9.80 Å². The van der Waals surface area contributed by atoms with Crippen molar-refractivity contribution < 1.29 is 9.59 Å². The van der Waals surface area contributed by atoms with Gasteiger partial charge in [-0.05, 0) is 42.9 Å². The van der Waals surface area contributed by atoms with Crippen molar-refractivity contribution in [3.8, 4) is 0 Å². The Labute approximate surface area is 161 Å². The topological polar surface area (TPSA) is 40.6 Å². The first kappa shape index (κ1) is 19.3. The zero-order valence-corrected chi connectivity index (χ0v) is 16.8. The molecule has 2 aliphatic heterocycles. The lowest BCUT2D eigenvalue weighted by Crippen LogP contribution is -2.52. The second-order valence-corrected chi connectivity index (χ2v) is 9.28. The van der Waals surface area contributed by atoms with Gasteiger partial charge in [0.05, 0.1) is 5.25 Å². The molecule has 0 bridgehead atoms. The van der Waals surface area contributed by atoms with Gasteiger partial charge >= 0.3 is 0 Å². The van der Waals surface area contributed by atoms with Gasteiger partial charge in [-0.3, -0.25) is 9.59 Å². The molecular formula is C21H30N2O2S. The van der Waals surface area contributed by atoms with Crippen LogP contribution in [0.1, 0.15) is 45.1 Å². The van der Waals surface area contributed by atoms with Crippen molar-refractivity contribution in [1.82, 2.24) is 9.80 Å². The van der Waals surface area contributed by atoms with E-state index in [1.165, 1.54) is 5.56 Å². The van der Waals surface area contributed by atoms with Crippen molar-refractivity contribution in [1.29, 1.82) is 0 Å². The molecule has 1 aromatic carbocycles. The van der Waals surface area contributed by atoms with Gasteiger partial charge in [0.2, 0.25) is 11.8 Å². The highest BCUT2D eigenvalue weighted by Gasteiger charge is 2.42. The molecule has 0 N–H and O–H groups in total. The number of nitrogens with zero attached hydrogens (tertiary/aromatic N) is 2. The van der Waals surface area contributed by atoms with E-state index in [1.54, 1.807) is 11.8 Å². The molecule has 1 spiro atoms. The molecule has 0 unspecified atom stereocenters. The third-order valence-electron chi connectivity index (χ3n) is 5.86. The number of likely N-dealkylation sites (tertiary alicyclic amines) is 2. The lowest BCUT2D eigenvalue weighted by molar-refractivity contribution is -0.142. The molecule has 0 aliphatic carbocycles. The Morgan fingerprint density at radius 2 is 1.88 bits per heavy atom. The molecule has 2 amide bonds. The van der Waals surface area contributed by atoms with Crippen molar-refractivity contribution in [3.05, 3.63) is 35.9 Å². The number of hydrogen-bond acceptors (Lipinski definition) is 3. The lowest BCUT2D eigenvalue weighted by atomic mass is 9.72. The predicted molar refractivity (Wildman–Crippen MR) is 107 cm³/mol. The highest BCUT2D eigenvalue weighted by Crippen LogP contribution is 2.41. The number of carbonyl (C=O) groups excluding carboxylic acids is 2. The molecule has 0 radical (unpaired) electrons. The first-order valence-corrected chi connectivity index (χ1v) is 10.8. The zero-order chi connectivity index (χ0) is 18.6. The average molecular weight is 375 g/mol. The smallest absolute Gasteiger partial charge is 0.235 e. The summed E-state index contributed by atoms with van der Waals surface area (Å²) < 4.78 is 0. The normalized spacial score (nSPS) is 21.1. The molecule has 4 nitrogen and oxygen atoms in total. The zero-order valence-electron chi connectivity index (χ0n) is 15.9. The molecule has 26 heavy (non-hydrogen) atoms. The van der Waals surface area contributed by atoms with Crippen LogP contribution < -0.4 is 0 Å². The van der Waals surface area contributed by atoms with Crippen LogP contribution in [0.2, 0.25) is 0 Å². The second-order valence-electron chi connectivity index (χ2n) is 7.66. The Hall–Kier alpha value is -1.49. The summed E-state index contributed by atoms with van der Waals surface area (Å²) in [6.45, 7) is 7.32. The number of carbonyl (C=O) groups is 2. The Balaban J connectivity index is 1.59. The molecule has 0 aromatic heterocycles. The molecule has 2 aliphatic rings. The second kappa shape index (κ2) is 8.47. The van der Waals surface area contributed by atoms with Gasteiger partial charge in [-0.2, -0.15) is 0 Å². The maximum atomic E-state index is 12.6. The largest absolute Gasteiger partial charge is 0.342 e. The maximum absolute atomic E-state index is 12.6. The minimum Gasteiger partial charge on any atom is -0.342 e. The van der Waals surface area contributed by atoms with Crippen molar-refractivity contribution in [2.75, 3.05) is 25.4 Å². The quantitative estimate of drug-likeness (QED) is 0.791. The van der Waals surface area contributed by atoms with Crippen molar-refractivity contribution in [2.24, 2.45) is 5.41 Å². The van der Waals surface area contributed by atoms with Crippen LogP contribution in [0.5, 0.6) is 0 Å². The fraction of sp³-hybridized carbons (Fsp3) is 0.619. The van der Waals surface area contributed by atoms with E-state index in [4.69, 9.17) is 0 Å². The number of rotatable bonds is 5. The predicted octanol–water partition coefficient (Wildman–Crippen LogP) is 3.56. The summed E-state index contributed by atoms with van der Waals surface area (Å²) in [5.41, 5.74) is 1.39. The van der Waals surface area contributed by atoms with Gasteiger partial charge in [0.1, 0.15) is 0 Å². The van der Waals surface area contributed by atoms with Gasteiger partial charge in [-0.25, -0.2) is 0 Å². The Morgan fingerprint density at radius 3 is 2.54 bits per heavy atom. The van der Waals surface area contributed by atoms with E-state index in [2.05, 4.69) is 19.1 Å². The van der Waals surface area contributed by atoms with Crippen molar-refractivity contribution in [3.63, 3.8) is 0 Å². The summed E-state index contributed by atoms with van der Waals surface area (Å²) in [4.78, 5) is 29.0. The molecule has 1 atom stereocenters. The van der Waals surface area contributed by atoms with Gasteiger partial charge in [0.15, 0.2) is 0 Å². The average Bonchev–Trinajstić information content (AvgIpc) is 2.66. The highest BCUT2D eigenvalue weighted by molar-refractivity contribution is 8.00. The van der Waals surface area contributed by atoms with E-state index >= 15 is 0 Å². The summed E-state index contributed by atoms with van der Waals surface area (Å²) in [6, 6.07) is 10.2.